The molecule has 102 valence electrons. The van der Waals surface area contributed by atoms with Crippen molar-refractivity contribution in [2.45, 2.75) is 0 Å². The number of rotatable bonds is 0. The summed E-state index contributed by atoms with van der Waals surface area (Å²) in [6, 6.07) is 3.17. The van der Waals surface area contributed by atoms with Gasteiger partial charge in [0.2, 0.25) is 0 Å². The van der Waals surface area contributed by atoms with Gasteiger partial charge in [-0.05, 0) is 24.5 Å². The fraction of sp³-hybridized carbons (Fsp3) is 0. The predicted molar refractivity (Wildman–Crippen MR) is 69.0 cm³/mol. The summed E-state index contributed by atoms with van der Waals surface area (Å²) in [6.07, 6.45) is 2.63. The molecule has 2 aromatic rings. The van der Waals surface area contributed by atoms with Crippen molar-refractivity contribution >= 4 is 5.57 Å². The van der Waals surface area contributed by atoms with Crippen LogP contribution in [0.4, 0.5) is 0 Å². The number of hydrogen-bond acceptors (Lipinski definition) is 6. The Kier molecular flexibility index (Phi) is 1.74. The summed E-state index contributed by atoms with van der Waals surface area (Å²) in [7, 11) is 0. The summed E-state index contributed by atoms with van der Waals surface area (Å²) in [5.41, 5.74) is 13.2. The fourth-order valence-corrected chi connectivity index (χ4v) is 2.48. The van der Waals surface area contributed by atoms with E-state index in [1.807, 2.05) is 0 Å². The summed E-state index contributed by atoms with van der Waals surface area (Å²) < 4.78 is 11.8. The van der Waals surface area contributed by atoms with Crippen molar-refractivity contribution in [3.05, 3.63) is 63.8 Å². The van der Waals surface area contributed by atoms with E-state index < -0.39 is 0 Å². The van der Waals surface area contributed by atoms with Crippen LogP contribution in [0.15, 0.2) is 42.2 Å². The summed E-state index contributed by atoms with van der Waals surface area (Å²) >= 11 is 0. The second kappa shape index (κ2) is 3.23. The first-order chi connectivity index (χ1) is 9.58. The standard InChI is InChI=1S/C12H8N4O4/c13-10-11(14)20-12(19-10)7-5-1-3-15(17)8(5)9-6(7)2-4-16(9)18/h1-4H,13-14H2/q-2. The zero-order chi connectivity index (χ0) is 14.0. The summed E-state index contributed by atoms with van der Waals surface area (Å²) in [6.45, 7) is 0. The average molecular weight is 272 g/mol. The largest absolute Gasteiger partial charge is 0.805 e. The molecular formula is C12H8N4O4-2. The molecule has 8 nitrogen and oxygen atoms in total. The van der Waals surface area contributed by atoms with Crippen LogP contribution >= 0.6 is 0 Å². The molecule has 0 unspecified atom stereocenters. The molecule has 20 heavy (non-hydrogen) atoms. The van der Waals surface area contributed by atoms with Gasteiger partial charge in [0.15, 0.2) is 0 Å². The Bertz CT molecular complexity index is 747. The van der Waals surface area contributed by atoms with Gasteiger partial charge in [-0.25, -0.2) is 0 Å². The first-order valence-electron chi connectivity index (χ1n) is 5.72. The van der Waals surface area contributed by atoms with E-state index in [0.717, 1.165) is 0 Å². The van der Waals surface area contributed by atoms with Crippen LogP contribution in [0, 0.1) is 10.4 Å². The van der Waals surface area contributed by atoms with Crippen LogP contribution in [0.2, 0.25) is 0 Å². The summed E-state index contributed by atoms with van der Waals surface area (Å²) in [5.74, 6) is -0.0337. The molecule has 3 heterocycles. The topological polar surface area (TPSA) is 126 Å². The van der Waals surface area contributed by atoms with Gasteiger partial charge in [0, 0.05) is 11.1 Å². The molecule has 0 saturated carbocycles. The smallest absolute Gasteiger partial charge is 0.302 e. The van der Waals surface area contributed by atoms with Gasteiger partial charge in [-0.15, -0.1) is 0 Å². The van der Waals surface area contributed by atoms with Crippen LogP contribution < -0.4 is 11.5 Å². The third-order valence-electron chi connectivity index (χ3n) is 3.32. The van der Waals surface area contributed by atoms with Crippen molar-refractivity contribution < 1.29 is 9.47 Å². The van der Waals surface area contributed by atoms with Gasteiger partial charge in [-0.2, -0.15) is 0 Å². The fourth-order valence-electron chi connectivity index (χ4n) is 2.48. The molecule has 4 rings (SSSR count). The van der Waals surface area contributed by atoms with Crippen LogP contribution in [0.25, 0.3) is 17.0 Å². The maximum atomic E-state index is 11.8. The van der Waals surface area contributed by atoms with Crippen molar-refractivity contribution in [1.82, 2.24) is 9.46 Å². The second-order valence-electron chi connectivity index (χ2n) is 4.40. The molecule has 2 aliphatic rings. The van der Waals surface area contributed by atoms with E-state index in [1.54, 1.807) is 12.1 Å². The second-order valence-corrected chi connectivity index (χ2v) is 4.40. The van der Waals surface area contributed by atoms with Crippen LogP contribution in [-0.2, 0) is 9.47 Å². The zero-order valence-corrected chi connectivity index (χ0v) is 9.99. The van der Waals surface area contributed by atoms with Gasteiger partial charge >= 0.3 is 5.95 Å². The molecule has 2 aromatic heterocycles. The third-order valence-corrected chi connectivity index (χ3v) is 3.32. The van der Waals surface area contributed by atoms with Crippen LogP contribution in [0.5, 0.6) is 0 Å². The molecule has 0 saturated heterocycles. The minimum Gasteiger partial charge on any atom is -0.805 e. The average Bonchev–Trinajstić information content (AvgIpc) is 3.09. The van der Waals surface area contributed by atoms with Crippen molar-refractivity contribution in [3.63, 3.8) is 0 Å². The molecule has 0 spiro atoms. The lowest BCUT2D eigenvalue weighted by Crippen LogP contribution is -2.04. The highest BCUT2D eigenvalue weighted by atomic mass is 16.7. The van der Waals surface area contributed by atoms with E-state index in [4.69, 9.17) is 20.9 Å². The zero-order valence-electron chi connectivity index (χ0n) is 9.99. The van der Waals surface area contributed by atoms with E-state index >= 15 is 0 Å². The van der Waals surface area contributed by atoms with Gasteiger partial charge < -0.3 is 40.8 Å². The van der Waals surface area contributed by atoms with Crippen molar-refractivity contribution in [1.29, 1.82) is 0 Å². The Hall–Kier alpha value is -3.16. The lowest BCUT2D eigenvalue weighted by atomic mass is 10.1. The van der Waals surface area contributed by atoms with Crippen LogP contribution in [0.3, 0.4) is 0 Å². The minimum atomic E-state index is -0.0504. The van der Waals surface area contributed by atoms with Crippen molar-refractivity contribution in [2.75, 3.05) is 0 Å². The molecule has 1 aliphatic heterocycles. The van der Waals surface area contributed by atoms with E-state index in [9.17, 15) is 10.4 Å². The number of nitrogens with zero attached hydrogens (tertiary/aromatic N) is 2. The van der Waals surface area contributed by atoms with Crippen molar-refractivity contribution in [2.24, 2.45) is 11.5 Å². The normalized spacial score (nSPS) is 16.2. The van der Waals surface area contributed by atoms with Crippen LogP contribution in [-0.4, -0.2) is 9.46 Å². The van der Waals surface area contributed by atoms with Crippen molar-refractivity contribution in [3.8, 4) is 11.4 Å². The minimum absolute atomic E-state index is 0.0504. The molecule has 1 aliphatic carbocycles. The van der Waals surface area contributed by atoms with Gasteiger partial charge in [0.05, 0.1) is 17.0 Å². The molecular weight excluding hydrogens is 264 g/mol. The molecule has 0 bridgehead atoms. The Labute approximate surface area is 112 Å². The highest BCUT2D eigenvalue weighted by Crippen LogP contribution is 2.47. The molecule has 0 fully saturated rings. The van der Waals surface area contributed by atoms with Gasteiger partial charge in [-0.3, -0.25) is 0 Å². The van der Waals surface area contributed by atoms with Gasteiger partial charge in [0.25, 0.3) is 11.8 Å². The monoisotopic (exact) mass is 272 g/mol. The maximum absolute atomic E-state index is 11.8. The molecule has 4 N–H and O–H groups in total. The summed E-state index contributed by atoms with van der Waals surface area (Å²) in [4.78, 5) is 0. The van der Waals surface area contributed by atoms with E-state index in [2.05, 4.69) is 0 Å². The van der Waals surface area contributed by atoms with Gasteiger partial charge in [0.1, 0.15) is 0 Å². The van der Waals surface area contributed by atoms with Gasteiger partial charge in [-0.1, -0.05) is 0 Å². The Balaban J connectivity index is 2.01. The maximum Gasteiger partial charge on any atom is 0.302 e. The number of nitrogens with two attached hydrogens (primary N) is 2. The van der Waals surface area contributed by atoms with E-state index in [0.29, 0.717) is 26.2 Å². The highest BCUT2D eigenvalue weighted by molar-refractivity contribution is 6.00. The Morgan fingerprint density at radius 2 is 1.30 bits per heavy atom. The molecule has 8 heteroatoms. The number of hydrogen-bond donors (Lipinski definition) is 2. The number of ether oxygens (including phenoxy) is 2. The lowest BCUT2D eigenvalue weighted by Gasteiger charge is -2.16. The van der Waals surface area contributed by atoms with E-state index in [1.165, 1.54) is 12.4 Å². The third kappa shape index (κ3) is 1.10. The quantitative estimate of drug-likeness (QED) is 0.622. The SMILES string of the molecule is NC1=C(N)OC(=C2c3ccn([O-])c3-c3c2ccn3[O-])O1. The van der Waals surface area contributed by atoms with E-state index in [-0.39, 0.29) is 29.1 Å². The summed E-state index contributed by atoms with van der Waals surface area (Å²) in [5, 5.41) is 23.6. The predicted octanol–water partition coefficient (Wildman–Crippen LogP) is 0.770. The Morgan fingerprint density at radius 3 is 1.75 bits per heavy atom. The first-order valence-corrected chi connectivity index (χ1v) is 5.72. The molecule has 0 radical (unpaired) electrons. The molecule has 0 aromatic carbocycles. The molecule has 0 atom stereocenters. The highest BCUT2D eigenvalue weighted by Gasteiger charge is 2.34. The number of aromatic nitrogens is 2. The molecule has 0 amide bonds. The first kappa shape index (κ1) is 10.7. The lowest BCUT2D eigenvalue weighted by molar-refractivity contribution is 0.178. The van der Waals surface area contributed by atoms with Crippen LogP contribution in [0.1, 0.15) is 11.1 Å². The number of fused-ring (bicyclic) bond motifs is 3. The Morgan fingerprint density at radius 1 is 0.850 bits per heavy atom.